The van der Waals surface area contributed by atoms with Gasteiger partial charge in [-0.05, 0) is 30.5 Å². The van der Waals surface area contributed by atoms with E-state index in [9.17, 15) is 4.79 Å². The molecule has 0 aliphatic carbocycles. The van der Waals surface area contributed by atoms with Gasteiger partial charge >= 0.3 is 0 Å². The average Bonchev–Trinajstić information content (AvgIpc) is 3.07. The molecule has 7 heteroatoms. The van der Waals surface area contributed by atoms with E-state index in [0.717, 1.165) is 16.7 Å². The molecule has 5 aromatic rings. The van der Waals surface area contributed by atoms with Crippen LogP contribution in [0.25, 0.3) is 33.5 Å². The minimum atomic E-state index is -0.179. The van der Waals surface area contributed by atoms with E-state index in [2.05, 4.69) is 9.97 Å². The Labute approximate surface area is 152 Å². The molecule has 0 saturated heterocycles. The highest BCUT2D eigenvalue weighted by Crippen LogP contribution is 2.23. The van der Waals surface area contributed by atoms with E-state index in [1.807, 2.05) is 65.3 Å². The number of para-hydroxylation sites is 3. The van der Waals surface area contributed by atoms with Crippen LogP contribution >= 0.6 is 11.8 Å². The molecule has 0 unspecified atom stereocenters. The molecule has 0 bridgehead atoms. The smallest absolute Gasteiger partial charge is 0.268 e. The Morgan fingerprint density at radius 3 is 2.54 bits per heavy atom. The van der Waals surface area contributed by atoms with Crippen molar-refractivity contribution >= 4 is 39.6 Å². The maximum Gasteiger partial charge on any atom is 0.270 e. The first-order chi connectivity index (χ1) is 12.8. The molecule has 0 radical (unpaired) electrons. The van der Waals surface area contributed by atoms with Gasteiger partial charge in [-0.2, -0.15) is 0 Å². The van der Waals surface area contributed by atoms with E-state index in [1.54, 1.807) is 10.8 Å². The minimum absolute atomic E-state index is 0.179. The van der Waals surface area contributed by atoms with Gasteiger partial charge in [0, 0.05) is 6.20 Å². The van der Waals surface area contributed by atoms with Crippen molar-refractivity contribution < 1.29 is 0 Å². The average molecular weight is 359 g/mol. The highest BCUT2D eigenvalue weighted by Gasteiger charge is 2.18. The Morgan fingerprint density at radius 2 is 1.73 bits per heavy atom. The number of aromatic nitrogens is 5. The maximum absolute atomic E-state index is 13.2. The van der Waals surface area contributed by atoms with Gasteiger partial charge in [0.2, 0.25) is 5.78 Å². The molecule has 0 aliphatic rings. The second-order valence-electron chi connectivity index (χ2n) is 5.81. The van der Waals surface area contributed by atoms with Crippen molar-refractivity contribution in [2.75, 3.05) is 6.26 Å². The predicted molar refractivity (Wildman–Crippen MR) is 103 cm³/mol. The third-order valence-electron chi connectivity index (χ3n) is 4.33. The fourth-order valence-corrected chi connectivity index (χ4v) is 3.51. The molecule has 3 heterocycles. The van der Waals surface area contributed by atoms with Gasteiger partial charge in [-0.3, -0.25) is 9.20 Å². The largest absolute Gasteiger partial charge is 0.270 e. The molecule has 3 aromatic heterocycles. The Kier molecular flexibility index (Phi) is 3.29. The quantitative estimate of drug-likeness (QED) is 0.357. The number of imidazole rings is 1. The summed E-state index contributed by atoms with van der Waals surface area (Å²) >= 11 is 1.44. The molecule has 0 spiro atoms. The summed E-state index contributed by atoms with van der Waals surface area (Å²) in [5.41, 5.74) is 2.87. The zero-order chi connectivity index (χ0) is 17.7. The maximum atomic E-state index is 13.2. The lowest BCUT2D eigenvalue weighted by atomic mass is 10.3. The van der Waals surface area contributed by atoms with Crippen LogP contribution in [0.2, 0.25) is 0 Å². The standard InChI is InChI=1S/C19H13N5OS/c1-26-18-20-11-13-16(22-18)24-15-10-6-5-9-14(15)21-19(24)23(17(13)25)12-7-3-2-4-8-12/h2-11H,1H3. The van der Waals surface area contributed by atoms with Crippen molar-refractivity contribution in [3.8, 4) is 5.69 Å². The molecule has 26 heavy (non-hydrogen) atoms. The predicted octanol–water partition coefficient (Wildman–Crippen LogP) is 3.30. The molecule has 0 saturated carbocycles. The second-order valence-corrected chi connectivity index (χ2v) is 6.58. The van der Waals surface area contributed by atoms with Crippen molar-refractivity contribution in [1.82, 2.24) is 23.9 Å². The van der Waals surface area contributed by atoms with Crippen LogP contribution in [-0.4, -0.2) is 30.2 Å². The third-order valence-corrected chi connectivity index (χ3v) is 4.89. The van der Waals surface area contributed by atoms with Crippen LogP contribution in [0, 0.1) is 0 Å². The normalized spacial score (nSPS) is 11.6. The van der Waals surface area contributed by atoms with Gasteiger partial charge in [0.15, 0.2) is 10.8 Å². The molecule has 0 aliphatic heterocycles. The summed E-state index contributed by atoms with van der Waals surface area (Å²) in [5, 5.41) is 1.08. The second kappa shape index (κ2) is 5.67. The molecule has 0 N–H and O–H groups in total. The zero-order valence-electron chi connectivity index (χ0n) is 13.8. The van der Waals surface area contributed by atoms with Gasteiger partial charge in [0.05, 0.1) is 16.7 Å². The SMILES string of the molecule is CSc1ncc2c(=O)n(-c3ccccc3)c3nc4ccccc4n3c2n1. The number of nitrogens with zero attached hydrogens (tertiary/aromatic N) is 5. The first-order valence-corrected chi connectivity index (χ1v) is 9.29. The fraction of sp³-hybridized carbons (Fsp3) is 0.0526. The zero-order valence-corrected chi connectivity index (χ0v) is 14.6. The van der Waals surface area contributed by atoms with E-state index >= 15 is 0 Å². The fourth-order valence-electron chi connectivity index (χ4n) is 3.17. The van der Waals surface area contributed by atoms with Gasteiger partial charge in [0.1, 0.15) is 5.39 Å². The topological polar surface area (TPSA) is 65.1 Å². The lowest BCUT2D eigenvalue weighted by Gasteiger charge is -2.10. The molecule has 5 rings (SSSR count). The minimum Gasteiger partial charge on any atom is -0.268 e. The number of fused-ring (bicyclic) bond motifs is 5. The lowest BCUT2D eigenvalue weighted by molar-refractivity contribution is 0.933. The summed E-state index contributed by atoms with van der Waals surface area (Å²) in [6.07, 6.45) is 3.51. The summed E-state index contributed by atoms with van der Waals surface area (Å²) in [7, 11) is 0. The highest BCUT2D eigenvalue weighted by molar-refractivity contribution is 7.98. The molecule has 6 nitrogen and oxygen atoms in total. The van der Waals surface area contributed by atoms with Crippen molar-refractivity contribution in [3.05, 3.63) is 71.1 Å². The summed E-state index contributed by atoms with van der Waals surface area (Å²) in [4.78, 5) is 26.9. The Hall–Kier alpha value is -3.19. The van der Waals surface area contributed by atoms with Crippen molar-refractivity contribution in [2.45, 2.75) is 5.16 Å². The summed E-state index contributed by atoms with van der Waals surface area (Å²) in [6.45, 7) is 0. The molecule has 0 amide bonds. The monoisotopic (exact) mass is 359 g/mol. The molecular formula is C19H13N5OS. The van der Waals surface area contributed by atoms with Crippen molar-refractivity contribution in [1.29, 1.82) is 0 Å². The lowest BCUT2D eigenvalue weighted by Crippen LogP contribution is -2.22. The summed E-state index contributed by atoms with van der Waals surface area (Å²) in [5.74, 6) is 0.542. The van der Waals surface area contributed by atoms with Gasteiger partial charge in [-0.1, -0.05) is 42.1 Å². The van der Waals surface area contributed by atoms with Gasteiger partial charge < -0.3 is 0 Å². The van der Waals surface area contributed by atoms with E-state index in [1.165, 1.54) is 11.8 Å². The number of hydrogen-bond acceptors (Lipinski definition) is 5. The third kappa shape index (κ3) is 2.07. The van der Waals surface area contributed by atoms with Crippen LogP contribution in [0.5, 0.6) is 0 Å². The molecule has 0 atom stereocenters. The van der Waals surface area contributed by atoms with Gasteiger partial charge in [-0.25, -0.2) is 19.5 Å². The van der Waals surface area contributed by atoms with E-state index in [0.29, 0.717) is 22.0 Å². The number of benzene rings is 2. The van der Waals surface area contributed by atoms with Crippen LogP contribution in [0.3, 0.4) is 0 Å². The van der Waals surface area contributed by atoms with Crippen LogP contribution < -0.4 is 5.56 Å². The molecule has 2 aromatic carbocycles. The number of rotatable bonds is 2. The van der Waals surface area contributed by atoms with Crippen LogP contribution in [-0.2, 0) is 0 Å². The Bertz CT molecular complexity index is 1340. The van der Waals surface area contributed by atoms with Crippen molar-refractivity contribution in [3.63, 3.8) is 0 Å². The number of thioether (sulfide) groups is 1. The van der Waals surface area contributed by atoms with E-state index < -0.39 is 0 Å². The first kappa shape index (κ1) is 15.1. The van der Waals surface area contributed by atoms with E-state index in [-0.39, 0.29) is 5.56 Å². The molecular weight excluding hydrogens is 346 g/mol. The van der Waals surface area contributed by atoms with Gasteiger partial charge in [-0.15, -0.1) is 0 Å². The van der Waals surface area contributed by atoms with Crippen LogP contribution in [0.15, 0.2) is 70.7 Å². The molecule has 126 valence electrons. The van der Waals surface area contributed by atoms with Gasteiger partial charge in [0.25, 0.3) is 5.56 Å². The Morgan fingerprint density at radius 1 is 0.962 bits per heavy atom. The Balaban J connectivity index is 2.08. The van der Waals surface area contributed by atoms with Crippen LogP contribution in [0.4, 0.5) is 0 Å². The van der Waals surface area contributed by atoms with Crippen LogP contribution in [0.1, 0.15) is 0 Å². The summed E-state index contributed by atoms with van der Waals surface area (Å²) < 4.78 is 3.55. The number of hydrogen-bond donors (Lipinski definition) is 0. The highest BCUT2D eigenvalue weighted by atomic mass is 32.2. The molecule has 0 fully saturated rings. The summed E-state index contributed by atoms with van der Waals surface area (Å²) in [6, 6.07) is 17.3. The first-order valence-electron chi connectivity index (χ1n) is 8.06. The van der Waals surface area contributed by atoms with Crippen molar-refractivity contribution in [2.24, 2.45) is 0 Å². The van der Waals surface area contributed by atoms with E-state index in [4.69, 9.17) is 4.98 Å².